The van der Waals surface area contributed by atoms with E-state index in [-0.39, 0.29) is 29.1 Å². The molecule has 1 aromatic carbocycles. The molecule has 0 unspecified atom stereocenters. The summed E-state index contributed by atoms with van der Waals surface area (Å²) in [6, 6.07) is 4.77. The van der Waals surface area contributed by atoms with Gasteiger partial charge in [-0.15, -0.1) is 0 Å². The van der Waals surface area contributed by atoms with E-state index in [0.717, 1.165) is 25.7 Å². The van der Waals surface area contributed by atoms with Crippen molar-refractivity contribution in [1.29, 1.82) is 0 Å². The molecule has 0 spiro atoms. The molecule has 6 heteroatoms. The molecule has 108 valence electrons. The van der Waals surface area contributed by atoms with E-state index < -0.39 is 5.97 Å². The second kappa shape index (κ2) is 6.46. The summed E-state index contributed by atoms with van der Waals surface area (Å²) >= 11 is 12.0. The van der Waals surface area contributed by atoms with Crippen LogP contribution in [0.5, 0.6) is 0 Å². The fourth-order valence-electron chi connectivity index (χ4n) is 2.55. The third kappa shape index (κ3) is 3.25. The highest BCUT2D eigenvalue weighted by Gasteiger charge is 2.30. The Balaban J connectivity index is 2.29. The first kappa shape index (κ1) is 15.1. The molecule has 1 aliphatic rings. The van der Waals surface area contributed by atoms with Crippen LogP contribution in [0.2, 0.25) is 10.0 Å². The smallest absolute Gasteiger partial charge is 0.323 e. The monoisotopic (exact) mass is 315 g/mol. The van der Waals surface area contributed by atoms with Crippen molar-refractivity contribution in [3.8, 4) is 0 Å². The summed E-state index contributed by atoms with van der Waals surface area (Å²) in [5, 5.41) is 9.48. The van der Waals surface area contributed by atoms with Crippen molar-refractivity contribution in [3.05, 3.63) is 33.8 Å². The largest absolute Gasteiger partial charge is 0.480 e. The Morgan fingerprint density at radius 2 is 1.90 bits per heavy atom. The van der Waals surface area contributed by atoms with Crippen LogP contribution in [0.15, 0.2) is 18.2 Å². The molecule has 1 fully saturated rings. The van der Waals surface area contributed by atoms with Crippen LogP contribution in [0.1, 0.15) is 36.0 Å². The maximum absolute atomic E-state index is 12.6. The van der Waals surface area contributed by atoms with Crippen LogP contribution >= 0.6 is 23.2 Å². The van der Waals surface area contributed by atoms with E-state index in [1.54, 1.807) is 18.2 Å². The Kier molecular flexibility index (Phi) is 4.89. The van der Waals surface area contributed by atoms with Gasteiger partial charge in [-0.1, -0.05) is 42.1 Å². The Bertz CT molecular complexity index is 527. The quantitative estimate of drug-likeness (QED) is 0.925. The van der Waals surface area contributed by atoms with E-state index in [1.807, 2.05) is 0 Å². The van der Waals surface area contributed by atoms with Gasteiger partial charge in [-0.3, -0.25) is 9.59 Å². The molecular weight excluding hydrogens is 301 g/mol. The summed E-state index contributed by atoms with van der Waals surface area (Å²) in [4.78, 5) is 25.0. The number of aliphatic carboxylic acids is 1. The molecule has 20 heavy (non-hydrogen) atoms. The molecule has 1 aliphatic carbocycles. The number of hydrogen-bond acceptors (Lipinski definition) is 2. The van der Waals surface area contributed by atoms with Gasteiger partial charge in [0.05, 0.1) is 15.6 Å². The van der Waals surface area contributed by atoms with Gasteiger partial charge in [0.15, 0.2) is 0 Å². The van der Waals surface area contributed by atoms with E-state index in [4.69, 9.17) is 28.3 Å². The SMILES string of the molecule is O=C(O)CN(C(=O)c1cccc(Cl)c1Cl)C1CCCC1. The van der Waals surface area contributed by atoms with Crippen LogP contribution in [0.4, 0.5) is 0 Å². The van der Waals surface area contributed by atoms with Crippen molar-refractivity contribution in [2.24, 2.45) is 0 Å². The zero-order chi connectivity index (χ0) is 14.7. The highest BCUT2D eigenvalue weighted by molar-refractivity contribution is 6.43. The first-order valence-electron chi connectivity index (χ1n) is 6.47. The van der Waals surface area contributed by atoms with Crippen LogP contribution in [-0.2, 0) is 4.79 Å². The van der Waals surface area contributed by atoms with Gasteiger partial charge in [0.1, 0.15) is 6.54 Å². The molecular formula is C14H15Cl2NO3. The Morgan fingerprint density at radius 1 is 1.25 bits per heavy atom. The lowest BCUT2D eigenvalue weighted by Gasteiger charge is -2.27. The summed E-state index contributed by atoms with van der Waals surface area (Å²) < 4.78 is 0. The minimum absolute atomic E-state index is 0.0337. The number of hydrogen-bond donors (Lipinski definition) is 1. The maximum atomic E-state index is 12.6. The molecule has 4 nitrogen and oxygen atoms in total. The molecule has 0 atom stereocenters. The number of rotatable bonds is 4. The Hall–Kier alpha value is -1.26. The van der Waals surface area contributed by atoms with Gasteiger partial charge < -0.3 is 10.0 Å². The van der Waals surface area contributed by atoms with Gasteiger partial charge in [0.2, 0.25) is 0 Å². The summed E-state index contributed by atoms with van der Waals surface area (Å²) in [6.45, 7) is -0.313. The lowest BCUT2D eigenvalue weighted by molar-refractivity contribution is -0.138. The van der Waals surface area contributed by atoms with Gasteiger partial charge in [0.25, 0.3) is 5.91 Å². The number of amides is 1. The van der Waals surface area contributed by atoms with Crippen molar-refractivity contribution >= 4 is 35.1 Å². The fourth-order valence-corrected chi connectivity index (χ4v) is 2.93. The maximum Gasteiger partial charge on any atom is 0.323 e. The van der Waals surface area contributed by atoms with Gasteiger partial charge >= 0.3 is 5.97 Å². The molecule has 0 bridgehead atoms. The van der Waals surface area contributed by atoms with Crippen LogP contribution in [0.25, 0.3) is 0 Å². The third-order valence-corrected chi connectivity index (χ3v) is 4.33. The number of carbonyl (C=O) groups is 2. The van der Waals surface area contributed by atoms with Crippen molar-refractivity contribution in [2.45, 2.75) is 31.7 Å². The topological polar surface area (TPSA) is 57.6 Å². The van der Waals surface area contributed by atoms with Crippen LogP contribution in [-0.4, -0.2) is 34.5 Å². The van der Waals surface area contributed by atoms with Crippen LogP contribution in [0, 0.1) is 0 Å². The standard InChI is InChI=1S/C14H15Cl2NO3/c15-11-7-3-6-10(13(11)16)14(20)17(8-12(18)19)9-4-1-2-5-9/h3,6-7,9H,1-2,4-5,8H2,(H,18,19). The second-order valence-corrected chi connectivity index (χ2v) is 5.65. The Morgan fingerprint density at radius 3 is 2.50 bits per heavy atom. The highest BCUT2D eigenvalue weighted by Crippen LogP contribution is 2.29. The molecule has 1 amide bonds. The van der Waals surface area contributed by atoms with Crippen LogP contribution < -0.4 is 0 Å². The summed E-state index contributed by atoms with van der Waals surface area (Å²) in [7, 11) is 0. The Labute approximate surface area is 127 Å². The number of carboxylic acids is 1. The van der Waals surface area contributed by atoms with Crippen molar-refractivity contribution in [3.63, 3.8) is 0 Å². The van der Waals surface area contributed by atoms with Crippen molar-refractivity contribution in [2.75, 3.05) is 6.54 Å². The first-order chi connectivity index (χ1) is 9.50. The van der Waals surface area contributed by atoms with Crippen molar-refractivity contribution in [1.82, 2.24) is 4.90 Å². The number of carbonyl (C=O) groups excluding carboxylic acids is 1. The molecule has 0 heterocycles. The normalized spacial score (nSPS) is 15.3. The van der Waals surface area contributed by atoms with E-state index in [0.29, 0.717) is 5.02 Å². The minimum atomic E-state index is -1.02. The van der Waals surface area contributed by atoms with E-state index in [9.17, 15) is 9.59 Å². The lowest BCUT2D eigenvalue weighted by atomic mass is 10.1. The lowest BCUT2D eigenvalue weighted by Crippen LogP contribution is -2.42. The first-order valence-corrected chi connectivity index (χ1v) is 7.23. The third-order valence-electron chi connectivity index (χ3n) is 3.51. The molecule has 0 saturated heterocycles. The summed E-state index contributed by atoms with van der Waals surface area (Å²) in [5.41, 5.74) is 0.257. The number of benzene rings is 1. The zero-order valence-corrected chi connectivity index (χ0v) is 12.3. The molecule has 0 aliphatic heterocycles. The summed E-state index contributed by atoms with van der Waals surface area (Å²) in [6.07, 6.45) is 3.68. The van der Waals surface area contributed by atoms with Gasteiger partial charge in [-0.2, -0.15) is 0 Å². The number of halogens is 2. The van der Waals surface area contributed by atoms with E-state index in [1.165, 1.54) is 4.90 Å². The molecule has 1 aromatic rings. The van der Waals surface area contributed by atoms with Gasteiger partial charge in [-0.25, -0.2) is 0 Å². The average Bonchev–Trinajstić information content (AvgIpc) is 2.92. The van der Waals surface area contributed by atoms with Gasteiger partial charge in [-0.05, 0) is 25.0 Å². The fraction of sp³-hybridized carbons (Fsp3) is 0.429. The predicted octanol–water partition coefficient (Wildman–Crippen LogP) is 3.46. The van der Waals surface area contributed by atoms with E-state index in [2.05, 4.69) is 0 Å². The summed E-state index contributed by atoms with van der Waals surface area (Å²) in [5.74, 6) is -1.39. The average molecular weight is 316 g/mol. The molecule has 1 saturated carbocycles. The van der Waals surface area contributed by atoms with E-state index >= 15 is 0 Å². The van der Waals surface area contributed by atoms with Gasteiger partial charge in [0, 0.05) is 6.04 Å². The van der Waals surface area contributed by atoms with Crippen molar-refractivity contribution < 1.29 is 14.7 Å². The second-order valence-electron chi connectivity index (χ2n) is 4.87. The molecule has 1 N–H and O–H groups in total. The number of nitrogens with zero attached hydrogens (tertiary/aromatic N) is 1. The molecule has 0 radical (unpaired) electrons. The molecule has 2 rings (SSSR count). The van der Waals surface area contributed by atoms with Crippen LogP contribution in [0.3, 0.4) is 0 Å². The highest BCUT2D eigenvalue weighted by atomic mass is 35.5. The predicted molar refractivity (Wildman–Crippen MR) is 77.4 cm³/mol. The minimum Gasteiger partial charge on any atom is -0.480 e. The molecule has 0 aromatic heterocycles. The number of carboxylic acid groups (broad SMARTS) is 1. The zero-order valence-electron chi connectivity index (χ0n) is 10.8.